The molecule has 0 aliphatic heterocycles. The molecule has 1 rings (SSSR count). The van der Waals surface area contributed by atoms with Gasteiger partial charge in [-0.15, -0.1) is 0 Å². The fraction of sp³-hybridized carbons (Fsp3) is 0.333. The van der Waals surface area contributed by atoms with Crippen LogP contribution in [0, 0.1) is 0 Å². The monoisotopic (exact) mass is 400 g/mol. The normalized spacial score (nSPS) is 14.0. The zero-order chi connectivity index (χ0) is 14.9. The fourth-order valence-corrected chi connectivity index (χ4v) is 7.50. The van der Waals surface area contributed by atoms with E-state index in [4.69, 9.17) is 0 Å². The van der Waals surface area contributed by atoms with E-state index in [1.54, 1.807) is 4.09 Å². The third kappa shape index (κ3) is 5.18. The van der Waals surface area contributed by atoms with E-state index in [9.17, 15) is 21.6 Å². The van der Waals surface area contributed by atoms with Gasteiger partial charge in [0.05, 0.1) is 0 Å². The molecule has 0 atom stereocenters. The van der Waals surface area contributed by atoms with Gasteiger partial charge in [-0.1, -0.05) is 0 Å². The van der Waals surface area contributed by atoms with Gasteiger partial charge < -0.3 is 0 Å². The van der Waals surface area contributed by atoms with Gasteiger partial charge in [-0.2, -0.15) is 0 Å². The zero-order valence-corrected chi connectivity index (χ0v) is 14.5. The van der Waals surface area contributed by atoms with Gasteiger partial charge in [0.15, 0.2) is 0 Å². The SMILES string of the molecule is [CH3][Sn]([CH3])([CH3])/[CH]=C/S(=O)(=O)c1ccc(C(F)(F)F)cc1. The molecule has 0 radical (unpaired) electrons. The molecule has 1 aromatic carbocycles. The van der Waals surface area contributed by atoms with Crippen molar-refractivity contribution in [1.29, 1.82) is 0 Å². The van der Waals surface area contributed by atoms with Crippen LogP contribution in [0.5, 0.6) is 0 Å². The molecular formula is C12H15F3O2SSn. The minimum absolute atomic E-state index is 0.118. The third-order valence-corrected chi connectivity index (χ3v) is 7.70. The van der Waals surface area contributed by atoms with Crippen LogP contribution in [0.2, 0.25) is 14.8 Å². The van der Waals surface area contributed by atoms with Crippen LogP contribution in [-0.2, 0) is 16.0 Å². The fourth-order valence-electron chi connectivity index (χ4n) is 1.21. The van der Waals surface area contributed by atoms with Gasteiger partial charge in [0, 0.05) is 0 Å². The minimum atomic E-state index is -4.46. The van der Waals surface area contributed by atoms with Gasteiger partial charge >= 0.3 is 115 Å². The standard InChI is InChI=1S/C9H6F3O2S.3CH3.Sn/c1-2-15(13,14)8-5-3-7(4-6-8)9(10,11)12;;;;/h1-6H;3*1H3;. The predicted octanol–water partition coefficient (Wildman–Crippen LogP) is 3.87. The molecule has 7 heteroatoms. The molecule has 0 bridgehead atoms. The molecule has 0 heterocycles. The van der Waals surface area contributed by atoms with Crippen molar-refractivity contribution in [2.45, 2.75) is 25.9 Å². The van der Waals surface area contributed by atoms with Crippen LogP contribution in [-0.4, -0.2) is 26.8 Å². The predicted molar refractivity (Wildman–Crippen MR) is 71.1 cm³/mol. The van der Waals surface area contributed by atoms with E-state index in [0.717, 1.165) is 29.7 Å². The summed E-state index contributed by atoms with van der Waals surface area (Å²) in [6.07, 6.45) is -4.46. The molecule has 0 N–H and O–H groups in total. The van der Waals surface area contributed by atoms with Gasteiger partial charge in [0.25, 0.3) is 0 Å². The molecule has 0 saturated carbocycles. The molecular weight excluding hydrogens is 384 g/mol. The number of sulfone groups is 1. The first-order chi connectivity index (χ1) is 8.42. The van der Waals surface area contributed by atoms with Gasteiger partial charge in [-0.25, -0.2) is 0 Å². The molecule has 19 heavy (non-hydrogen) atoms. The first kappa shape index (κ1) is 16.6. The molecule has 0 aromatic heterocycles. The van der Waals surface area contributed by atoms with Crippen LogP contribution in [0.25, 0.3) is 0 Å². The van der Waals surface area contributed by atoms with E-state index in [2.05, 4.69) is 0 Å². The zero-order valence-electron chi connectivity index (χ0n) is 10.8. The summed E-state index contributed by atoms with van der Waals surface area (Å²) in [6, 6.07) is 3.53. The third-order valence-electron chi connectivity index (χ3n) is 2.26. The van der Waals surface area contributed by atoms with Crippen molar-refractivity contribution in [2.24, 2.45) is 0 Å². The summed E-state index contributed by atoms with van der Waals surface area (Å²) in [5, 5.41) is 1.12. The summed E-state index contributed by atoms with van der Waals surface area (Å²) >= 11 is -2.38. The maximum absolute atomic E-state index is 12.4. The summed E-state index contributed by atoms with van der Waals surface area (Å²) < 4.78 is 62.6. The van der Waals surface area contributed by atoms with Crippen molar-refractivity contribution in [3.05, 3.63) is 39.3 Å². The number of hydrogen-bond donors (Lipinski definition) is 0. The quantitative estimate of drug-likeness (QED) is 0.724. The van der Waals surface area contributed by atoms with Gasteiger partial charge in [-0.05, 0) is 0 Å². The Labute approximate surface area is 115 Å². The van der Waals surface area contributed by atoms with E-state index in [1.807, 2.05) is 14.8 Å². The second-order valence-electron chi connectivity index (χ2n) is 5.24. The molecule has 0 aliphatic carbocycles. The van der Waals surface area contributed by atoms with Crippen molar-refractivity contribution >= 4 is 28.2 Å². The molecule has 1 aromatic rings. The summed E-state index contributed by atoms with van der Waals surface area (Å²) in [4.78, 5) is 5.99. The molecule has 0 unspecified atom stereocenters. The maximum atomic E-state index is 12.4. The number of hydrogen-bond acceptors (Lipinski definition) is 2. The Morgan fingerprint density at radius 2 is 1.53 bits per heavy atom. The Morgan fingerprint density at radius 1 is 1.05 bits per heavy atom. The topological polar surface area (TPSA) is 34.1 Å². The van der Waals surface area contributed by atoms with Crippen molar-refractivity contribution in [3.8, 4) is 0 Å². The summed E-state index contributed by atoms with van der Waals surface area (Å²) in [7, 11) is -3.65. The first-order valence-electron chi connectivity index (χ1n) is 5.53. The van der Waals surface area contributed by atoms with Crippen LogP contribution in [0.3, 0.4) is 0 Å². The van der Waals surface area contributed by atoms with Crippen molar-refractivity contribution in [1.82, 2.24) is 0 Å². The van der Waals surface area contributed by atoms with E-state index in [1.165, 1.54) is 0 Å². The van der Waals surface area contributed by atoms with Crippen LogP contribution in [0.15, 0.2) is 38.7 Å². The molecule has 106 valence electrons. The Kier molecular flexibility index (Phi) is 4.77. The van der Waals surface area contributed by atoms with Crippen LogP contribution >= 0.6 is 0 Å². The summed E-state index contributed by atoms with van der Waals surface area (Å²) in [5.41, 5.74) is -0.856. The Bertz CT molecular complexity index is 566. The molecule has 0 saturated heterocycles. The average Bonchev–Trinajstić information content (AvgIpc) is 2.25. The Hall–Kier alpha value is -0.501. The number of rotatable bonds is 3. The summed E-state index contributed by atoms with van der Waals surface area (Å²) in [6.45, 7) is 0. The van der Waals surface area contributed by atoms with Crippen LogP contribution in [0.4, 0.5) is 13.2 Å². The molecule has 0 aliphatic rings. The van der Waals surface area contributed by atoms with E-state index in [0.29, 0.717) is 0 Å². The number of alkyl halides is 3. The Balaban J connectivity index is 3.08. The van der Waals surface area contributed by atoms with Gasteiger partial charge in [-0.3, -0.25) is 0 Å². The first-order valence-corrected chi connectivity index (χ1v) is 17.3. The van der Waals surface area contributed by atoms with Crippen molar-refractivity contribution in [2.75, 3.05) is 0 Å². The van der Waals surface area contributed by atoms with Gasteiger partial charge in [0.1, 0.15) is 0 Å². The molecule has 0 amide bonds. The molecule has 0 fully saturated rings. The van der Waals surface area contributed by atoms with Crippen molar-refractivity contribution < 1.29 is 21.6 Å². The number of benzene rings is 1. The second kappa shape index (κ2) is 5.47. The van der Waals surface area contributed by atoms with Crippen LogP contribution < -0.4 is 0 Å². The van der Waals surface area contributed by atoms with Crippen molar-refractivity contribution in [3.63, 3.8) is 0 Å². The Morgan fingerprint density at radius 3 is 1.89 bits per heavy atom. The van der Waals surface area contributed by atoms with E-state index >= 15 is 0 Å². The summed E-state index contributed by atoms with van der Waals surface area (Å²) in [5.74, 6) is 0. The van der Waals surface area contributed by atoms with Crippen LogP contribution in [0.1, 0.15) is 5.56 Å². The average molecular weight is 399 g/mol. The molecule has 0 spiro atoms. The second-order valence-corrected chi connectivity index (χ2v) is 21.5. The molecule has 2 nitrogen and oxygen atoms in total. The van der Waals surface area contributed by atoms with Gasteiger partial charge in [0.2, 0.25) is 0 Å². The van der Waals surface area contributed by atoms with E-state index < -0.39 is 40.0 Å². The number of halogens is 3. The van der Waals surface area contributed by atoms with E-state index in [-0.39, 0.29) is 4.90 Å².